The number of benzene rings is 1. The number of carbonyl (C=O) groups is 2. The average Bonchev–Trinajstić information content (AvgIpc) is 3.22. The summed E-state index contributed by atoms with van der Waals surface area (Å²) in [7, 11) is 1.47. The number of ether oxygens (including phenoxy) is 2. The van der Waals surface area contributed by atoms with E-state index in [2.05, 4.69) is 9.97 Å². The first kappa shape index (κ1) is 18.1. The lowest BCUT2D eigenvalue weighted by molar-refractivity contribution is 0.0528. The van der Waals surface area contributed by atoms with Crippen LogP contribution in [0, 0.1) is 0 Å². The van der Waals surface area contributed by atoms with Crippen LogP contribution in [0.3, 0.4) is 0 Å². The van der Waals surface area contributed by atoms with Crippen molar-refractivity contribution >= 4 is 34.5 Å². The Kier molecular flexibility index (Phi) is 5.08. The van der Waals surface area contributed by atoms with Gasteiger partial charge in [-0.25, -0.2) is 9.78 Å². The molecule has 3 aromatic rings. The van der Waals surface area contributed by atoms with Crippen LogP contribution in [0.4, 0.5) is 0 Å². The first-order valence-electron chi connectivity index (χ1n) is 8.33. The monoisotopic (exact) mass is 372 g/mol. The third-order valence-electron chi connectivity index (χ3n) is 4.06. The number of aromatic nitrogens is 2. The van der Waals surface area contributed by atoms with Crippen LogP contribution >= 0.6 is 11.3 Å². The Bertz CT molecular complexity index is 971. The Labute approximate surface area is 155 Å². The molecule has 0 fully saturated rings. The van der Waals surface area contributed by atoms with Gasteiger partial charge in [0.15, 0.2) is 11.2 Å². The second-order valence-electron chi connectivity index (χ2n) is 6.06. The van der Waals surface area contributed by atoms with E-state index in [0.29, 0.717) is 15.4 Å². The SMILES string of the molecule is CCOC(=O)c1sc(-c2ccc3[nH]c(C(C)C)c(C=O)c3c2)nc1OC. The largest absolute Gasteiger partial charge is 0.480 e. The van der Waals surface area contributed by atoms with E-state index < -0.39 is 5.97 Å². The third kappa shape index (κ3) is 3.10. The molecule has 0 atom stereocenters. The highest BCUT2D eigenvalue weighted by atomic mass is 32.1. The maximum Gasteiger partial charge on any atom is 0.354 e. The van der Waals surface area contributed by atoms with E-state index in [1.54, 1.807) is 6.92 Å². The van der Waals surface area contributed by atoms with Crippen LogP contribution in [0.5, 0.6) is 5.88 Å². The first-order valence-corrected chi connectivity index (χ1v) is 9.14. The van der Waals surface area contributed by atoms with Crippen LogP contribution in [0.15, 0.2) is 18.2 Å². The normalized spacial score (nSPS) is 11.1. The van der Waals surface area contributed by atoms with Crippen LogP contribution in [-0.4, -0.2) is 35.9 Å². The summed E-state index contributed by atoms with van der Waals surface area (Å²) >= 11 is 1.21. The van der Waals surface area contributed by atoms with Crippen molar-refractivity contribution < 1.29 is 19.1 Å². The molecule has 2 heterocycles. The number of aromatic amines is 1. The van der Waals surface area contributed by atoms with Crippen molar-refractivity contribution in [3.05, 3.63) is 34.3 Å². The number of aldehydes is 1. The van der Waals surface area contributed by atoms with Crippen molar-refractivity contribution in [2.75, 3.05) is 13.7 Å². The standard InChI is InChI=1S/C19H20N2O4S/c1-5-25-19(23)16-17(24-4)21-18(26-16)11-6-7-14-12(8-11)13(9-22)15(20-14)10(2)3/h6-10,20H,5H2,1-4H3. The van der Waals surface area contributed by atoms with Crippen molar-refractivity contribution in [1.82, 2.24) is 9.97 Å². The summed E-state index contributed by atoms with van der Waals surface area (Å²) in [6.07, 6.45) is 0.879. The maximum absolute atomic E-state index is 12.1. The minimum absolute atomic E-state index is 0.210. The van der Waals surface area contributed by atoms with E-state index in [0.717, 1.165) is 28.4 Å². The second kappa shape index (κ2) is 7.29. The zero-order valence-electron chi connectivity index (χ0n) is 15.1. The van der Waals surface area contributed by atoms with Crippen molar-refractivity contribution in [2.45, 2.75) is 26.7 Å². The number of nitrogens with zero attached hydrogens (tertiary/aromatic N) is 1. The first-order chi connectivity index (χ1) is 12.5. The number of esters is 1. The number of hydrogen-bond acceptors (Lipinski definition) is 6. The summed E-state index contributed by atoms with van der Waals surface area (Å²) in [6, 6.07) is 5.74. The van der Waals surface area contributed by atoms with Crippen molar-refractivity contribution in [2.24, 2.45) is 0 Å². The van der Waals surface area contributed by atoms with E-state index in [4.69, 9.17) is 9.47 Å². The van der Waals surface area contributed by atoms with Gasteiger partial charge in [0.1, 0.15) is 5.01 Å². The minimum atomic E-state index is -0.452. The summed E-state index contributed by atoms with van der Waals surface area (Å²) in [5.41, 5.74) is 3.28. The van der Waals surface area contributed by atoms with Gasteiger partial charge in [-0.05, 0) is 31.0 Å². The molecule has 1 N–H and O–H groups in total. The van der Waals surface area contributed by atoms with E-state index in [1.807, 2.05) is 32.0 Å². The van der Waals surface area contributed by atoms with E-state index in [1.165, 1.54) is 18.4 Å². The third-order valence-corrected chi connectivity index (χ3v) is 5.13. The predicted octanol–water partition coefficient (Wildman–Crippen LogP) is 4.41. The van der Waals surface area contributed by atoms with E-state index in [-0.39, 0.29) is 18.4 Å². The number of H-pyrrole nitrogens is 1. The smallest absolute Gasteiger partial charge is 0.354 e. The summed E-state index contributed by atoms with van der Waals surface area (Å²) in [5, 5.41) is 1.48. The molecule has 136 valence electrons. The van der Waals surface area contributed by atoms with Gasteiger partial charge >= 0.3 is 5.97 Å². The Hall–Kier alpha value is -2.67. The number of methoxy groups -OCH3 is 1. The lowest BCUT2D eigenvalue weighted by Gasteiger charge is -2.01. The van der Waals surface area contributed by atoms with Crippen LogP contribution < -0.4 is 4.74 Å². The number of fused-ring (bicyclic) bond motifs is 1. The van der Waals surface area contributed by atoms with Crippen molar-refractivity contribution in [3.8, 4) is 16.5 Å². The molecule has 3 rings (SSSR count). The molecule has 1 aromatic carbocycles. The number of thiazole rings is 1. The summed E-state index contributed by atoms with van der Waals surface area (Å²) in [6.45, 7) is 6.11. The molecule has 0 amide bonds. The fraction of sp³-hybridized carbons (Fsp3) is 0.316. The molecular weight excluding hydrogens is 352 g/mol. The molecule has 7 heteroatoms. The van der Waals surface area contributed by atoms with Gasteiger partial charge in [-0.1, -0.05) is 13.8 Å². The summed E-state index contributed by atoms with van der Waals surface area (Å²) in [5.74, 6) is 0.00372. The van der Waals surface area contributed by atoms with Crippen LogP contribution in [0.25, 0.3) is 21.5 Å². The van der Waals surface area contributed by atoms with E-state index >= 15 is 0 Å². The molecular formula is C19H20N2O4S. The Morgan fingerprint density at radius 1 is 1.38 bits per heavy atom. The molecule has 0 aliphatic heterocycles. The maximum atomic E-state index is 12.1. The fourth-order valence-electron chi connectivity index (χ4n) is 2.84. The van der Waals surface area contributed by atoms with E-state index in [9.17, 15) is 9.59 Å². The molecule has 0 saturated carbocycles. The Morgan fingerprint density at radius 2 is 2.15 bits per heavy atom. The van der Waals surface area contributed by atoms with Crippen LogP contribution in [0.1, 0.15) is 52.4 Å². The highest BCUT2D eigenvalue weighted by Gasteiger charge is 2.22. The van der Waals surface area contributed by atoms with Gasteiger partial charge in [0.25, 0.3) is 0 Å². The van der Waals surface area contributed by atoms with Crippen molar-refractivity contribution in [1.29, 1.82) is 0 Å². The second-order valence-corrected chi connectivity index (χ2v) is 7.06. The van der Waals surface area contributed by atoms with Gasteiger partial charge in [-0.3, -0.25) is 4.79 Å². The molecule has 0 aliphatic carbocycles. The quantitative estimate of drug-likeness (QED) is 0.512. The Morgan fingerprint density at radius 3 is 2.77 bits per heavy atom. The highest BCUT2D eigenvalue weighted by Crippen LogP contribution is 2.35. The fourth-order valence-corrected chi connectivity index (χ4v) is 3.77. The number of rotatable bonds is 6. The lowest BCUT2D eigenvalue weighted by Crippen LogP contribution is -2.04. The summed E-state index contributed by atoms with van der Waals surface area (Å²) in [4.78, 5) is 31.7. The van der Waals surface area contributed by atoms with Gasteiger partial charge < -0.3 is 14.5 Å². The Balaban J connectivity index is 2.11. The molecule has 0 spiro atoms. The van der Waals surface area contributed by atoms with Gasteiger partial charge in [0, 0.05) is 27.7 Å². The molecule has 26 heavy (non-hydrogen) atoms. The average molecular weight is 372 g/mol. The molecule has 6 nitrogen and oxygen atoms in total. The van der Waals surface area contributed by atoms with Crippen molar-refractivity contribution in [3.63, 3.8) is 0 Å². The minimum Gasteiger partial charge on any atom is -0.480 e. The molecule has 0 saturated heterocycles. The van der Waals surface area contributed by atoms with Gasteiger partial charge in [-0.15, -0.1) is 11.3 Å². The van der Waals surface area contributed by atoms with Crippen LogP contribution in [0.2, 0.25) is 0 Å². The lowest BCUT2D eigenvalue weighted by atomic mass is 10.0. The zero-order valence-corrected chi connectivity index (χ0v) is 15.9. The molecule has 0 aliphatic rings. The molecule has 0 bridgehead atoms. The zero-order chi connectivity index (χ0) is 18.8. The van der Waals surface area contributed by atoms with Gasteiger partial charge in [0.05, 0.1) is 13.7 Å². The molecule has 0 radical (unpaired) electrons. The highest BCUT2D eigenvalue weighted by molar-refractivity contribution is 7.17. The number of carbonyl (C=O) groups excluding carboxylic acids is 2. The van der Waals surface area contributed by atoms with Crippen LogP contribution in [-0.2, 0) is 4.74 Å². The molecule has 0 unspecified atom stereocenters. The van der Waals surface area contributed by atoms with Gasteiger partial charge in [-0.2, -0.15) is 0 Å². The van der Waals surface area contributed by atoms with Gasteiger partial charge in [0.2, 0.25) is 5.88 Å². The topological polar surface area (TPSA) is 81.3 Å². The number of nitrogens with one attached hydrogen (secondary N) is 1. The predicted molar refractivity (Wildman–Crippen MR) is 101 cm³/mol. The molecule has 2 aromatic heterocycles. The number of hydrogen-bond donors (Lipinski definition) is 1. The summed E-state index contributed by atoms with van der Waals surface area (Å²) < 4.78 is 10.3.